The van der Waals surface area contributed by atoms with Gasteiger partial charge in [-0.1, -0.05) is 74.5 Å². The number of aliphatic hydroxyl groups excluding tert-OH is 1. The van der Waals surface area contributed by atoms with Crippen molar-refractivity contribution in [3.05, 3.63) is 106 Å². The molecule has 0 bridgehead atoms. The van der Waals surface area contributed by atoms with Gasteiger partial charge in [-0.15, -0.1) is 0 Å². The molecule has 0 saturated heterocycles. The number of carbonyl (C=O) groups excluding carboxylic acids is 2. The van der Waals surface area contributed by atoms with E-state index in [0.29, 0.717) is 25.7 Å². The molecule has 0 heterocycles. The van der Waals surface area contributed by atoms with E-state index in [1.807, 2.05) is 74.5 Å². The molecule has 0 spiro atoms. The molecule has 2 unspecified atom stereocenters. The molecule has 4 rings (SSSR count). The second kappa shape index (κ2) is 18.1. The highest BCUT2D eigenvalue weighted by Gasteiger charge is 2.38. The second-order valence-corrected chi connectivity index (χ2v) is 15.1. The summed E-state index contributed by atoms with van der Waals surface area (Å²) in [6.45, 7) is 3.73. The monoisotopic (exact) mass is 708 g/mol. The number of alkyl carbamates (subject to hydrolysis) is 1. The van der Waals surface area contributed by atoms with Gasteiger partial charge in [-0.3, -0.25) is 14.9 Å². The number of ether oxygens (including phenoxy) is 1. The maximum absolute atomic E-state index is 14.1. The SMILES string of the molecule is COC(=O)NC(C(=O)NC(CCC[C@@H](CO)N(CCC(C)C)S(=O)(=O)c1ccc([N+](=O)[O-])cc1)C1CC1)C(c1ccccc1)c1ccccc1. The molecule has 1 aliphatic rings. The minimum absolute atomic E-state index is 0.0797. The number of benzene rings is 3. The summed E-state index contributed by atoms with van der Waals surface area (Å²) in [6, 6.07) is 21.8. The summed E-state index contributed by atoms with van der Waals surface area (Å²) in [5, 5.41) is 27.6. The van der Waals surface area contributed by atoms with Gasteiger partial charge in [0.2, 0.25) is 15.9 Å². The molecule has 0 aromatic heterocycles. The Hall–Kier alpha value is -4.33. The van der Waals surface area contributed by atoms with Crippen molar-refractivity contribution in [2.45, 2.75) is 81.3 Å². The summed E-state index contributed by atoms with van der Waals surface area (Å²) < 4.78 is 33.9. The highest BCUT2D eigenvalue weighted by atomic mass is 32.2. The molecule has 13 heteroatoms. The maximum Gasteiger partial charge on any atom is 0.407 e. The van der Waals surface area contributed by atoms with Crippen molar-refractivity contribution in [2.75, 3.05) is 20.3 Å². The lowest BCUT2D eigenvalue weighted by atomic mass is 9.84. The van der Waals surface area contributed by atoms with E-state index >= 15 is 0 Å². The summed E-state index contributed by atoms with van der Waals surface area (Å²) in [7, 11) is -2.83. The molecule has 3 aromatic rings. The maximum atomic E-state index is 14.1. The third kappa shape index (κ3) is 10.3. The molecular formula is C37H48N4O8S. The number of rotatable bonds is 19. The molecule has 12 nitrogen and oxygen atoms in total. The first kappa shape index (κ1) is 38.5. The summed E-state index contributed by atoms with van der Waals surface area (Å²) in [5.74, 6) is -0.434. The van der Waals surface area contributed by atoms with Gasteiger partial charge in [-0.25, -0.2) is 13.2 Å². The third-order valence-corrected chi connectivity index (χ3v) is 11.1. The number of carbonyl (C=O) groups is 2. The molecular weight excluding hydrogens is 660 g/mol. The number of aliphatic hydroxyl groups is 1. The van der Waals surface area contributed by atoms with E-state index < -0.39 is 45.6 Å². The third-order valence-electron chi connectivity index (χ3n) is 9.16. The molecule has 50 heavy (non-hydrogen) atoms. The van der Waals surface area contributed by atoms with Gasteiger partial charge < -0.3 is 20.5 Å². The van der Waals surface area contributed by atoms with Crippen LogP contribution in [-0.4, -0.2) is 73.1 Å². The van der Waals surface area contributed by atoms with Crippen LogP contribution in [0.5, 0.6) is 0 Å². The Morgan fingerprint density at radius 3 is 1.98 bits per heavy atom. The fourth-order valence-corrected chi connectivity index (χ4v) is 7.90. The number of nitro groups is 1. The highest BCUT2D eigenvalue weighted by Crippen LogP contribution is 2.36. The van der Waals surface area contributed by atoms with Crippen LogP contribution in [0.4, 0.5) is 10.5 Å². The van der Waals surface area contributed by atoms with E-state index in [4.69, 9.17) is 4.74 Å². The van der Waals surface area contributed by atoms with Gasteiger partial charge in [0.1, 0.15) is 6.04 Å². The Morgan fingerprint density at radius 1 is 0.920 bits per heavy atom. The largest absolute Gasteiger partial charge is 0.453 e. The van der Waals surface area contributed by atoms with Crippen molar-refractivity contribution in [2.24, 2.45) is 11.8 Å². The van der Waals surface area contributed by atoms with Crippen molar-refractivity contribution in [1.29, 1.82) is 0 Å². The van der Waals surface area contributed by atoms with E-state index in [1.54, 1.807) is 0 Å². The number of sulfonamides is 1. The molecule has 1 saturated carbocycles. The zero-order valence-electron chi connectivity index (χ0n) is 28.8. The smallest absolute Gasteiger partial charge is 0.407 e. The molecule has 0 aliphatic heterocycles. The number of amides is 2. The van der Waals surface area contributed by atoms with Gasteiger partial charge in [0.25, 0.3) is 5.69 Å². The number of non-ortho nitro benzene ring substituents is 1. The van der Waals surface area contributed by atoms with Crippen LogP contribution in [0.1, 0.15) is 69.4 Å². The predicted octanol–water partition coefficient (Wildman–Crippen LogP) is 5.61. The molecule has 270 valence electrons. The molecule has 1 fully saturated rings. The zero-order valence-corrected chi connectivity index (χ0v) is 29.6. The number of hydrogen-bond acceptors (Lipinski definition) is 8. The van der Waals surface area contributed by atoms with Crippen LogP contribution in [0.25, 0.3) is 0 Å². The number of nitrogens with zero attached hydrogens (tertiary/aromatic N) is 2. The van der Waals surface area contributed by atoms with Crippen LogP contribution in [-0.2, 0) is 19.6 Å². The highest BCUT2D eigenvalue weighted by molar-refractivity contribution is 7.89. The number of nitrogens with one attached hydrogen (secondary N) is 2. The molecule has 0 radical (unpaired) electrons. The van der Waals surface area contributed by atoms with Crippen LogP contribution >= 0.6 is 0 Å². The summed E-state index contributed by atoms with van der Waals surface area (Å²) in [6.07, 6.45) is 3.07. The molecule has 3 aromatic carbocycles. The average Bonchev–Trinajstić information content (AvgIpc) is 3.96. The fraction of sp³-hybridized carbons (Fsp3) is 0.459. The second-order valence-electron chi connectivity index (χ2n) is 13.2. The van der Waals surface area contributed by atoms with Gasteiger partial charge in [-0.2, -0.15) is 4.31 Å². The summed E-state index contributed by atoms with van der Waals surface area (Å²) in [5.41, 5.74) is 1.48. The van der Waals surface area contributed by atoms with Gasteiger partial charge in [-0.05, 0) is 73.6 Å². The Morgan fingerprint density at radius 2 is 1.50 bits per heavy atom. The van der Waals surface area contributed by atoms with Crippen molar-refractivity contribution in [1.82, 2.24) is 14.9 Å². The van der Waals surface area contributed by atoms with Crippen LogP contribution in [0, 0.1) is 22.0 Å². The van der Waals surface area contributed by atoms with Crippen molar-refractivity contribution < 1.29 is 32.8 Å². The normalized spacial score (nSPS) is 15.0. The first-order valence-electron chi connectivity index (χ1n) is 17.1. The molecule has 2 amide bonds. The fourth-order valence-electron chi connectivity index (χ4n) is 6.24. The topological polar surface area (TPSA) is 168 Å². The molecule has 1 aliphatic carbocycles. The Labute approximate surface area is 294 Å². The van der Waals surface area contributed by atoms with Crippen molar-refractivity contribution in [3.8, 4) is 0 Å². The van der Waals surface area contributed by atoms with E-state index in [2.05, 4.69) is 10.6 Å². The first-order chi connectivity index (χ1) is 24.0. The standard InChI is InChI=1S/C37H48N4O8S/c1-26(2)23-24-40(50(47,48)32-21-19-30(20-22-32)41(45)46)31(25-42)15-10-16-33(27-17-18-27)38-36(43)35(39-37(44)49-3)34(28-11-6-4-7-12-28)29-13-8-5-9-14-29/h4-9,11-14,19-22,26-27,31,33-35,42H,10,15-18,23-25H2,1-3H3,(H,38,43)(H,39,44)/t31-,33?,35?/m0/s1. The van der Waals surface area contributed by atoms with Gasteiger partial charge in [0, 0.05) is 36.7 Å². The van der Waals surface area contributed by atoms with Crippen LogP contribution in [0.2, 0.25) is 0 Å². The predicted molar refractivity (Wildman–Crippen MR) is 190 cm³/mol. The lowest BCUT2D eigenvalue weighted by Crippen LogP contribution is -2.53. The zero-order chi connectivity index (χ0) is 36.3. The summed E-state index contributed by atoms with van der Waals surface area (Å²) in [4.78, 5) is 37.2. The minimum atomic E-state index is -4.08. The number of nitro benzene ring substituents is 1. The Balaban J connectivity index is 1.53. The van der Waals surface area contributed by atoms with Crippen LogP contribution in [0.3, 0.4) is 0 Å². The van der Waals surface area contributed by atoms with Crippen molar-refractivity contribution in [3.63, 3.8) is 0 Å². The van der Waals surface area contributed by atoms with Crippen molar-refractivity contribution >= 4 is 27.7 Å². The molecule has 3 N–H and O–H groups in total. The Kier molecular flexibility index (Phi) is 13.9. The van der Waals surface area contributed by atoms with E-state index in [9.17, 15) is 33.2 Å². The van der Waals surface area contributed by atoms with Crippen LogP contribution < -0.4 is 10.6 Å². The summed E-state index contributed by atoms with van der Waals surface area (Å²) >= 11 is 0. The van der Waals surface area contributed by atoms with Gasteiger partial charge in [0.15, 0.2) is 0 Å². The first-order valence-corrected chi connectivity index (χ1v) is 18.5. The quantitative estimate of drug-likeness (QED) is 0.107. The Bertz CT molecular complexity index is 1610. The van der Waals surface area contributed by atoms with E-state index in [1.165, 1.54) is 23.5 Å². The molecule has 3 atom stereocenters. The lowest BCUT2D eigenvalue weighted by molar-refractivity contribution is -0.384. The lowest BCUT2D eigenvalue weighted by Gasteiger charge is -2.31. The van der Waals surface area contributed by atoms with E-state index in [-0.39, 0.29) is 40.9 Å². The van der Waals surface area contributed by atoms with E-state index in [0.717, 1.165) is 36.1 Å². The minimum Gasteiger partial charge on any atom is -0.453 e. The van der Waals surface area contributed by atoms with Gasteiger partial charge >= 0.3 is 6.09 Å². The number of methoxy groups -OCH3 is 1. The average molecular weight is 709 g/mol. The van der Waals surface area contributed by atoms with Crippen LogP contribution in [0.15, 0.2) is 89.8 Å². The number of hydrogen-bond donors (Lipinski definition) is 3. The van der Waals surface area contributed by atoms with Gasteiger partial charge in [0.05, 0.1) is 23.5 Å².